The largest absolute Gasteiger partial charge is 0.334 e. The summed E-state index contributed by atoms with van der Waals surface area (Å²) in [6, 6.07) is 28.8. The highest BCUT2D eigenvalue weighted by atomic mass is 15.1. The molecular weight excluding hydrogens is 454 g/mol. The van der Waals surface area contributed by atoms with Crippen molar-refractivity contribution < 1.29 is 0 Å². The van der Waals surface area contributed by atoms with Crippen LogP contribution in [0.15, 0.2) is 78.4 Å². The lowest BCUT2D eigenvalue weighted by Crippen LogP contribution is -2.19. The van der Waals surface area contributed by atoms with Gasteiger partial charge in [-0.3, -0.25) is 0 Å². The van der Waals surface area contributed by atoms with Crippen LogP contribution >= 0.6 is 0 Å². The molecule has 2 heterocycles. The van der Waals surface area contributed by atoms with E-state index in [1.807, 2.05) is 54.6 Å². The van der Waals surface area contributed by atoms with E-state index < -0.39 is 0 Å². The van der Waals surface area contributed by atoms with Gasteiger partial charge < -0.3 is 9.13 Å². The molecule has 0 amide bonds. The number of hydrogen-bond acceptors (Lipinski definition) is 3. The molecular formula is C32H19N5. The minimum atomic E-state index is -0.0243. The molecule has 5 aromatic rings. The molecule has 0 spiro atoms. The minimum Gasteiger partial charge on any atom is -0.334 e. The van der Waals surface area contributed by atoms with Crippen LogP contribution in [0.1, 0.15) is 46.1 Å². The summed E-state index contributed by atoms with van der Waals surface area (Å²) in [6.07, 6.45) is 7.79. The van der Waals surface area contributed by atoms with Crippen LogP contribution in [0.4, 0.5) is 0 Å². The van der Waals surface area contributed by atoms with Crippen molar-refractivity contribution in [3.05, 3.63) is 112 Å². The van der Waals surface area contributed by atoms with Gasteiger partial charge in [0.2, 0.25) is 0 Å². The predicted octanol–water partition coefficient (Wildman–Crippen LogP) is 6.80. The number of rotatable bonds is 2. The Balaban J connectivity index is 1.58. The minimum absolute atomic E-state index is 0.0243. The Labute approximate surface area is 213 Å². The van der Waals surface area contributed by atoms with Crippen molar-refractivity contribution in [2.45, 2.75) is 18.9 Å². The Morgan fingerprint density at radius 1 is 0.757 bits per heavy atom. The number of hydrogen-bond donors (Lipinski definition) is 0. The summed E-state index contributed by atoms with van der Waals surface area (Å²) in [4.78, 5) is 0. The number of fused-ring (bicyclic) bond motifs is 6. The van der Waals surface area contributed by atoms with Gasteiger partial charge in [0.25, 0.3) is 0 Å². The second kappa shape index (κ2) is 7.85. The third kappa shape index (κ3) is 2.94. The molecule has 172 valence electrons. The molecule has 0 saturated heterocycles. The molecule has 2 aliphatic rings. The third-order valence-corrected chi connectivity index (χ3v) is 7.55. The van der Waals surface area contributed by atoms with Gasteiger partial charge >= 0.3 is 0 Å². The van der Waals surface area contributed by atoms with Crippen molar-refractivity contribution >= 4 is 34.0 Å². The fraction of sp³-hybridized carbons (Fsp3) is 0.0938. The molecule has 37 heavy (non-hydrogen) atoms. The Morgan fingerprint density at radius 3 is 2.43 bits per heavy atom. The van der Waals surface area contributed by atoms with E-state index in [0.717, 1.165) is 62.0 Å². The Kier molecular flexibility index (Phi) is 4.46. The van der Waals surface area contributed by atoms with Crippen molar-refractivity contribution in [1.82, 2.24) is 9.13 Å². The summed E-state index contributed by atoms with van der Waals surface area (Å²) in [6.45, 7) is 0. The van der Waals surface area contributed by atoms with Crippen LogP contribution in [0.2, 0.25) is 0 Å². The second-order valence-electron chi connectivity index (χ2n) is 9.50. The molecule has 5 heteroatoms. The summed E-state index contributed by atoms with van der Waals surface area (Å²) in [5, 5.41) is 31.1. The fourth-order valence-corrected chi connectivity index (χ4v) is 6.07. The molecule has 0 fully saturated rings. The average Bonchev–Trinajstić information content (AvgIpc) is 3.61. The van der Waals surface area contributed by atoms with E-state index in [4.69, 9.17) is 0 Å². The zero-order chi connectivity index (χ0) is 25.1. The van der Waals surface area contributed by atoms with E-state index in [1.54, 1.807) is 0 Å². The molecule has 1 atom stereocenters. The van der Waals surface area contributed by atoms with E-state index in [-0.39, 0.29) is 6.04 Å². The fourth-order valence-electron chi connectivity index (χ4n) is 6.07. The summed E-state index contributed by atoms with van der Waals surface area (Å²) >= 11 is 0. The van der Waals surface area contributed by atoms with E-state index in [9.17, 15) is 15.8 Å². The molecule has 3 aromatic carbocycles. The summed E-state index contributed by atoms with van der Waals surface area (Å²) in [5.41, 5.74) is 9.54. The molecule has 0 saturated carbocycles. The van der Waals surface area contributed by atoms with Crippen molar-refractivity contribution in [1.29, 1.82) is 15.8 Å². The first-order chi connectivity index (χ1) is 18.2. The van der Waals surface area contributed by atoms with Gasteiger partial charge in [-0.25, -0.2) is 0 Å². The maximum absolute atomic E-state index is 9.68. The van der Waals surface area contributed by atoms with Crippen molar-refractivity contribution in [3.8, 4) is 23.9 Å². The Hall–Kier alpha value is -5.31. The molecule has 2 aromatic heterocycles. The summed E-state index contributed by atoms with van der Waals surface area (Å²) in [5.74, 6) is 0. The van der Waals surface area contributed by atoms with Crippen LogP contribution in [-0.4, -0.2) is 9.13 Å². The lowest BCUT2D eigenvalue weighted by molar-refractivity contribution is 0.566. The van der Waals surface area contributed by atoms with Crippen LogP contribution in [0.5, 0.6) is 0 Å². The summed E-state index contributed by atoms with van der Waals surface area (Å²) < 4.78 is 4.65. The SMILES string of the molecule is N#CC1=Cc2c(n(C3CC=Cc4c3n(-c3cccc(C#N)c3)c3ccc(C#N)cc43)c3ccccc23)C1. The van der Waals surface area contributed by atoms with E-state index in [1.165, 1.54) is 0 Å². The number of benzene rings is 3. The lowest BCUT2D eigenvalue weighted by Gasteiger charge is -2.27. The average molecular weight is 474 g/mol. The van der Waals surface area contributed by atoms with Crippen molar-refractivity contribution in [2.24, 2.45) is 0 Å². The van der Waals surface area contributed by atoms with Crippen molar-refractivity contribution in [2.75, 3.05) is 0 Å². The highest BCUT2D eigenvalue weighted by molar-refractivity contribution is 5.96. The first kappa shape index (κ1) is 21.0. The topological polar surface area (TPSA) is 81.2 Å². The van der Waals surface area contributed by atoms with Crippen LogP contribution in [0, 0.1) is 34.0 Å². The molecule has 0 bridgehead atoms. The first-order valence-corrected chi connectivity index (χ1v) is 12.2. The molecule has 0 N–H and O–H groups in total. The van der Waals surface area contributed by atoms with Gasteiger partial charge in [0, 0.05) is 50.8 Å². The Morgan fingerprint density at radius 2 is 1.59 bits per heavy atom. The van der Waals surface area contributed by atoms with Gasteiger partial charge in [0.05, 0.1) is 46.6 Å². The quantitative estimate of drug-likeness (QED) is 0.283. The van der Waals surface area contributed by atoms with E-state index in [2.05, 4.69) is 57.7 Å². The smallest absolute Gasteiger partial charge is 0.0992 e. The predicted molar refractivity (Wildman–Crippen MR) is 144 cm³/mol. The molecule has 1 unspecified atom stereocenters. The second-order valence-corrected chi connectivity index (χ2v) is 9.50. The molecule has 7 rings (SSSR count). The van der Waals surface area contributed by atoms with E-state index in [0.29, 0.717) is 17.5 Å². The highest BCUT2D eigenvalue weighted by Gasteiger charge is 2.32. The van der Waals surface area contributed by atoms with Gasteiger partial charge in [0.15, 0.2) is 0 Å². The number of para-hydroxylation sites is 1. The number of aromatic nitrogens is 2. The maximum Gasteiger partial charge on any atom is 0.0992 e. The summed E-state index contributed by atoms with van der Waals surface area (Å²) in [7, 11) is 0. The molecule has 0 radical (unpaired) electrons. The van der Waals surface area contributed by atoms with Crippen LogP contribution in [0.25, 0.3) is 39.6 Å². The monoisotopic (exact) mass is 473 g/mol. The van der Waals surface area contributed by atoms with Gasteiger partial charge in [-0.2, -0.15) is 15.8 Å². The van der Waals surface area contributed by atoms with Gasteiger partial charge in [-0.15, -0.1) is 0 Å². The first-order valence-electron chi connectivity index (χ1n) is 12.2. The van der Waals surface area contributed by atoms with Gasteiger partial charge in [-0.1, -0.05) is 36.4 Å². The zero-order valence-corrected chi connectivity index (χ0v) is 19.8. The third-order valence-electron chi connectivity index (χ3n) is 7.55. The molecule has 2 aliphatic carbocycles. The number of nitrogens with zero attached hydrogens (tertiary/aromatic N) is 5. The van der Waals surface area contributed by atoms with Gasteiger partial charge in [-0.05, 0) is 55.0 Å². The standard InChI is InChI=1S/C32H19N5/c33-17-20-5-3-6-23(13-20)36-29-12-11-21(18-34)14-27(29)25-8-4-10-30(32(25)36)37-28-9-2-1-7-24(28)26-15-22(19-35)16-31(26)37/h1-9,11-15,30H,10,16H2. The lowest BCUT2D eigenvalue weighted by atomic mass is 9.96. The normalized spacial score (nSPS) is 15.6. The number of allylic oxidation sites excluding steroid dienone is 2. The highest BCUT2D eigenvalue weighted by Crippen LogP contribution is 2.45. The van der Waals surface area contributed by atoms with Crippen molar-refractivity contribution in [3.63, 3.8) is 0 Å². The van der Waals surface area contributed by atoms with Gasteiger partial charge in [0.1, 0.15) is 0 Å². The zero-order valence-electron chi connectivity index (χ0n) is 19.8. The van der Waals surface area contributed by atoms with Crippen LogP contribution in [-0.2, 0) is 6.42 Å². The van der Waals surface area contributed by atoms with Crippen LogP contribution < -0.4 is 0 Å². The molecule has 5 nitrogen and oxygen atoms in total. The van der Waals surface area contributed by atoms with E-state index >= 15 is 0 Å². The number of nitriles is 3. The molecule has 0 aliphatic heterocycles. The maximum atomic E-state index is 9.68. The van der Waals surface area contributed by atoms with Crippen LogP contribution in [0.3, 0.4) is 0 Å². The Bertz CT molecular complexity index is 1970.